The number of carbonyl (C=O) groups is 2. The summed E-state index contributed by atoms with van der Waals surface area (Å²) in [6.45, 7) is 3.92. The van der Waals surface area contributed by atoms with E-state index in [9.17, 15) is 14.0 Å². The van der Waals surface area contributed by atoms with E-state index in [1.807, 2.05) is 0 Å². The van der Waals surface area contributed by atoms with Crippen LogP contribution in [0.2, 0.25) is 0 Å². The lowest BCUT2D eigenvalue weighted by atomic mass is 9.81. The third-order valence-electron chi connectivity index (χ3n) is 6.26. The van der Waals surface area contributed by atoms with E-state index in [-0.39, 0.29) is 29.4 Å². The number of ether oxygens (including phenoxy) is 1. The fourth-order valence-corrected chi connectivity index (χ4v) is 4.63. The zero-order chi connectivity index (χ0) is 25.7. The second-order valence-electron chi connectivity index (χ2n) is 9.16. The van der Waals surface area contributed by atoms with Gasteiger partial charge in [0.05, 0.1) is 31.1 Å². The monoisotopic (exact) mass is 495 g/mol. The van der Waals surface area contributed by atoms with E-state index in [0.29, 0.717) is 29.3 Å². The molecule has 2 amide bonds. The van der Waals surface area contributed by atoms with Crippen LogP contribution in [0, 0.1) is 12.7 Å². The Labute approximate surface area is 208 Å². The van der Waals surface area contributed by atoms with Crippen molar-refractivity contribution in [2.45, 2.75) is 64.6 Å². The highest BCUT2D eigenvalue weighted by Gasteiger charge is 2.33. The maximum absolute atomic E-state index is 13.6. The summed E-state index contributed by atoms with van der Waals surface area (Å²) < 4.78 is 20.3. The van der Waals surface area contributed by atoms with Gasteiger partial charge in [0, 0.05) is 13.5 Å². The predicted molar refractivity (Wildman–Crippen MR) is 130 cm³/mol. The maximum atomic E-state index is 13.6. The topological polar surface area (TPSA) is 124 Å². The average molecular weight is 496 g/mol. The number of nitrogens with zero attached hydrogens (tertiary/aromatic N) is 5. The lowest BCUT2D eigenvalue weighted by Crippen LogP contribution is -2.52. The molecule has 1 aliphatic carbocycles. The lowest BCUT2D eigenvalue weighted by Gasteiger charge is -2.37. The zero-order valence-corrected chi connectivity index (χ0v) is 20.7. The molecule has 190 valence electrons. The molecular weight excluding hydrogens is 465 g/mol. The van der Waals surface area contributed by atoms with E-state index in [1.165, 1.54) is 26.2 Å². The Morgan fingerprint density at radius 3 is 2.64 bits per heavy atom. The molecule has 0 bridgehead atoms. The van der Waals surface area contributed by atoms with Gasteiger partial charge in [-0.1, -0.05) is 30.5 Å². The van der Waals surface area contributed by atoms with Crippen molar-refractivity contribution in [3.8, 4) is 17.1 Å². The third-order valence-corrected chi connectivity index (χ3v) is 6.26. The fourth-order valence-electron chi connectivity index (χ4n) is 4.63. The van der Waals surface area contributed by atoms with Crippen LogP contribution >= 0.6 is 0 Å². The summed E-state index contributed by atoms with van der Waals surface area (Å²) in [5.41, 5.74) is 1.51. The highest BCUT2D eigenvalue weighted by molar-refractivity contribution is 5.93. The van der Waals surface area contributed by atoms with Crippen LogP contribution in [0.3, 0.4) is 0 Å². The van der Waals surface area contributed by atoms with Gasteiger partial charge in [0.15, 0.2) is 11.6 Å². The largest absolute Gasteiger partial charge is 0.494 e. The first-order chi connectivity index (χ1) is 17.3. The summed E-state index contributed by atoms with van der Waals surface area (Å²) in [7, 11) is 1.39. The van der Waals surface area contributed by atoms with Crippen LogP contribution in [0.4, 0.5) is 4.39 Å². The predicted octanol–water partition coefficient (Wildman–Crippen LogP) is 2.96. The highest BCUT2D eigenvalue weighted by Crippen LogP contribution is 2.30. The Morgan fingerprint density at radius 1 is 1.14 bits per heavy atom. The van der Waals surface area contributed by atoms with Gasteiger partial charge in [-0.15, -0.1) is 5.10 Å². The Hall–Kier alpha value is -3.89. The Kier molecular flexibility index (Phi) is 7.56. The molecule has 1 aromatic carbocycles. The van der Waals surface area contributed by atoms with Crippen molar-refractivity contribution in [3.63, 3.8) is 0 Å². The van der Waals surface area contributed by atoms with Crippen molar-refractivity contribution >= 4 is 11.8 Å². The van der Waals surface area contributed by atoms with Gasteiger partial charge in [-0.2, -0.15) is 0 Å². The number of aryl methyl sites for hydroxylation is 1. The van der Waals surface area contributed by atoms with Gasteiger partial charge in [0.2, 0.25) is 5.91 Å². The molecule has 1 fully saturated rings. The molecule has 2 N–H and O–H groups in total. The third kappa shape index (κ3) is 6.02. The minimum Gasteiger partial charge on any atom is -0.494 e. The van der Waals surface area contributed by atoms with Gasteiger partial charge in [0.25, 0.3) is 5.91 Å². The second-order valence-corrected chi connectivity index (χ2v) is 9.16. The zero-order valence-electron chi connectivity index (χ0n) is 20.7. The number of amides is 2. The molecule has 0 radical (unpaired) electrons. The van der Waals surface area contributed by atoms with Crippen LogP contribution < -0.4 is 15.4 Å². The molecule has 1 aliphatic rings. The number of hydrogen-bond acceptors (Lipinski definition) is 7. The quantitative estimate of drug-likeness (QED) is 0.492. The first-order valence-electron chi connectivity index (χ1n) is 11.9. The number of carbonyl (C=O) groups excluding carboxylic acids is 2. The second kappa shape index (κ2) is 10.8. The van der Waals surface area contributed by atoms with Crippen LogP contribution in [0.5, 0.6) is 5.75 Å². The van der Waals surface area contributed by atoms with E-state index in [2.05, 4.69) is 30.9 Å². The Balaban J connectivity index is 1.48. The minimum atomic E-state index is -0.469. The Morgan fingerprint density at radius 2 is 1.92 bits per heavy atom. The van der Waals surface area contributed by atoms with Crippen LogP contribution in [-0.2, 0) is 17.9 Å². The molecule has 0 atom stereocenters. The van der Waals surface area contributed by atoms with Gasteiger partial charge >= 0.3 is 0 Å². The number of benzene rings is 1. The number of hydrogen-bond donors (Lipinski definition) is 2. The molecule has 0 aliphatic heterocycles. The van der Waals surface area contributed by atoms with E-state index in [1.54, 1.807) is 29.9 Å². The van der Waals surface area contributed by atoms with Crippen LogP contribution in [0.15, 0.2) is 30.5 Å². The SMILES string of the molecule is COc1cc(CNC(=O)c2cc(-c3cn(CC4(NC(C)=O)CCCCC4)nn3)nc(C)n2)ccc1F. The summed E-state index contributed by atoms with van der Waals surface area (Å²) in [5.74, 6) is -0.401. The van der Waals surface area contributed by atoms with Gasteiger partial charge in [-0.3, -0.25) is 9.59 Å². The minimum absolute atomic E-state index is 0.0570. The maximum Gasteiger partial charge on any atom is 0.270 e. The summed E-state index contributed by atoms with van der Waals surface area (Å²) in [6, 6.07) is 5.96. The number of aromatic nitrogens is 5. The van der Waals surface area contributed by atoms with Crippen molar-refractivity contribution in [2.24, 2.45) is 0 Å². The fraction of sp³-hybridized carbons (Fsp3) is 0.440. The molecular formula is C25H30FN7O3. The van der Waals surface area contributed by atoms with Crippen LogP contribution in [0.1, 0.15) is 60.9 Å². The Bertz CT molecular complexity index is 1250. The number of nitrogens with one attached hydrogen (secondary N) is 2. The molecule has 0 unspecified atom stereocenters. The highest BCUT2D eigenvalue weighted by atomic mass is 19.1. The molecule has 2 heterocycles. The molecule has 2 aromatic heterocycles. The van der Waals surface area contributed by atoms with Gasteiger partial charge < -0.3 is 15.4 Å². The first-order valence-corrected chi connectivity index (χ1v) is 11.9. The molecule has 36 heavy (non-hydrogen) atoms. The summed E-state index contributed by atoms with van der Waals surface area (Å²) >= 11 is 0. The van der Waals surface area contributed by atoms with E-state index in [4.69, 9.17) is 4.74 Å². The van der Waals surface area contributed by atoms with Gasteiger partial charge in [0.1, 0.15) is 17.2 Å². The summed E-state index contributed by atoms with van der Waals surface area (Å²) in [5, 5.41) is 14.4. The van der Waals surface area contributed by atoms with Crippen molar-refractivity contribution < 1.29 is 18.7 Å². The average Bonchev–Trinajstić information content (AvgIpc) is 3.31. The number of rotatable bonds is 8. The van der Waals surface area contributed by atoms with Crippen molar-refractivity contribution in [1.29, 1.82) is 0 Å². The molecule has 3 aromatic rings. The summed E-state index contributed by atoms with van der Waals surface area (Å²) in [4.78, 5) is 33.3. The molecule has 10 nitrogen and oxygen atoms in total. The van der Waals surface area contributed by atoms with Crippen molar-refractivity contribution in [1.82, 2.24) is 35.6 Å². The van der Waals surface area contributed by atoms with Gasteiger partial charge in [-0.25, -0.2) is 19.0 Å². The van der Waals surface area contributed by atoms with E-state index in [0.717, 1.165) is 32.1 Å². The number of halogens is 1. The van der Waals surface area contributed by atoms with Crippen molar-refractivity contribution in [3.05, 3.63) is 53.4 Å². The molecule has 1 saturated carbocycles. The first kappa shape index (κ1) is 25.2. The normalized spacial score (nSPS) is 14.8. The number of methoxy groups -OCH3 is 1. The summed E-state index contributed by atoms with van der Waals surface area (Å²) in [6.07, 6.45) is 6.81. The van der Waals surface area contributed by atoms with Crippen LogP contribution in [0.25, 0.3) is 11.4 Å². The molecule has 0 saturated heterocycles. The van der Waals surface area contributed by atoms with E-state index < -0.39 is 11.7 Å². The molecule has 11 heteroatoms. The lowest BCUT2D eigenvalue weighted by molar-refractivity contribution is -0.121. The molecule has 0 spiro atoms. The standard InChI is InChI=1S/C25H30FN7O3/c1-16-28-20(12-21(29-16)24(35)27-13-18-7-8-19(26)23(11-18)36-3)22-14-33(32-31-22)15-25(30-17(2)34)9-5-4-6-10-25/h7-8,11-12,14H,4-6,9-10,13,15H2,1-3H3,(H,27,35)(H,30,34). The van der Waals surface area contributed by atoms with Crippen molar-refractivity contribution in [2.75, 3.05) is 7.11 Å². The molecule has 4 rings (SSSR count). The smallest absolute Gasteiger partial charge is 0.270 e. The van der Waals surface area contributed by atoms with E-state index >= 15 is 0 Å². The van der Waals surface area contributed by atoms with Gasteiger partial charge in [-0.05, 0) is 43.5 Å². The van der Waals surface area contributed by atoms with Crippen LogP contribution in [-0.4, -0.2) is 49.4 Å².